The molecule has 0 bridgehead atoms. The highest BCUT2D eigenvalue weighted by atomic mass is 16.2. The molecule has 3 nitrogen and oxygen atoms in total. The average molecular weight is 210 g/mol. The Bertz CT molecular complexity index is 216. The largest absolute Gasteiger partial charge is 0.353 e. The molecule has 0 aromatic carbocycles. The molecule has 15 heavy (non-hydrogen) atoms. The minimum atomic E-state index is 0.226. The zero-order chi connectivity index (χ0) is 10.7. The summed E-state index contributed by atoms with van der Waals surface area (Å²) in [5.74, 6) is 1.36. The third kappa shape index (κ3) is 2.94. The first-order valence-corrected chi connectivity index (χ1v) is 6.27. The zero-order valence-corrected chi connectivity index (χ0v) is 9.59. The van der Waals surface area contributed by atoms with Gasteiger partial charge in [-0.15, -0.1) is 0 Å². The summed E-state index contributed by atoms with van der Waals surface area (Å²) in [6, 6.07) is 0.453. The fourth-order valence-corrected chi connectivity index (χ4v) is 2.60. The number of hydrogen-bond acceptors (Lipinski definition) is 2. The Morgan fingerprint density at radius 3 is 2.53 bits per heavy atom. The predicted molar refractivity (Wildman–Crippen MR) is 60.5 cm³/mol. The van der Waals surface area contributed by atoms with Gasteiger partial charge in [-0.3, -0.25) is 4.79 Å². The topological polar surface area (TPSA) is 41.1 Å². The normalized spacial score (nSPS) is 36.5. The van der Waals surface area contributed by atoms with Crippen LogP contribution in [-0.2, 0) is 4.79 Å². The second kappa shape index (κ2) is 4.97. The lowest BCUT2D eigenvalue weighted by Crippen LogP contribution is -2.41. The highest BCUT2D eigenvalue weighted by Gasteiger charge is 2.26. The van der Waals surface area contributed by atoms with Gasteiger partial charge in [0, 0.05) is 12.6 Å². The molecular weight excluding hydrogens is 188 g/mol. The lowest BCUT2D eigenvalue weighted by Gasteiger charge is -2.27. The van der Waals surface area contributed by atoms with E-state index in [-0.39, 0.29) is 11.8 Å². The van der Waals surface area contributed by atoms with Gasteiger partial charge in [-0.25, -0.2) is 0 Å². The number of carbonyl (C=O) groups is 1. The van der Waals surface area contributed by atoms with Crippen molar-refractivity contribution in [1.29, 1.82) is 0 Å². The van der Waals surface area contributed by atoms with Crippen molar-refractivity contribution in [2.45, 2.75) is 45.1 Å². The van der Waals surface area contributed by atoms with Crippen molar-refractivity contribution in [2.24, 2.45) is 11.8 Å². The fourth-order valence-electron chi connectivity index (χ4n) is 2.60. The summed E-state index contributed by atoms with van der Waals surface area (Å²) in [5.41, 5.74) is 0. The highest BCUT2D eigenvalue weighted by Crippen LogP contribution is 2.23. The molecule has 1 heterocycles. The van der Waals surface area contributed by atoms with E-state index in [2.05, 4.69) is 17.6 Å². The van der Waals surface area contributed by atoms with Gasteiger partial charge in [-0.2, -0.15) is 0 Å². The summed E-state index contributed by atoms with van der Waals surface area (Å²) in [5, 5.41) is 6.44. The Balaban J connectivity index is 1.74. The molecule has 2 rings (SSSR count). The van der Waals surface area contributed by atoms with Gasteiger partial charge in [-0.1, -0.05) is 6.92 Å². The highest BCUT2D eigenvalue weighted by molar-refractivity contribution is 5.79. The molecule has 1 atom stereocenters. The lowest BCUT2D eigenvalue weighted by atomic mass is 9.87. The van der Waals surface area contributed by atoms with Crippen LogP contribution in [0.4, 0.5) is 0 Å². The predicted octanol–water partition coefficient (Wildman–Crippen LogP) is 1.29. The third-order valence-electron chi connectivity index (χ3n) is 3.79. The van der Waals surface area contributed by atoms with E-state index < -0.39 is 0 Å². The molecule has 2 aliphatic rings. The molecule has 1 aliphatic heterocycles. The van der Waals surface area contributed by atoms with Crippen molar-refractivity contribution in [3.05, 3.63) is 0 Å². The standard InChI is InChI=1S/C12H22N2O/c1-9-2-4-11(5-3-9)14-12(15)10-6-7-13-8-10/h9-11,13H,2-8H2,1H3,(H,14,15)/t9?,10-,11?/m0/s1. The van der Waals surface area contributed by atoms with Crippen LogP contribution in [0.2, 0.25) is 0 Å². The van der Waals surface area contributed by atoms with Crippen LogP contribution < -0.4 is 10.6 Å². The van der Waals surface area contributed by atoms with E-state index in [0.29, 0.717) is 6.04 Å². The number of amides is 1. The van der Waals surface area contributed by atoms with Crippen molar-refractivity contribution in [1.82, 2.24) is 10.6 Å². The van der Waals surface area contributed by atoms with Gasteiger partial charge in [0.15, 0.2) is 0 Å². The maximum Gasteiger partial charge on any atom is 0.224 e. The minimum Gasteiger partial charge on any atom is -0.353 e. The molecule has 2 N–H and O–H groups in total. The van der Waals surface area contributed by atoms with Crippen LogP contribution in [-0.4, -0.2) is 25.0 Å². The summed E-state index contributed by atoms with van der Waals surface area (Å²) in [6.07, 6.45) is 5.90. The van der Waals surface area contributed by atoms with E-state index in [1.165, 1.54) is 25.7 Å². The number of nitrogens with one attached hydrogen (secondary N) is 2. The van der Waals surface area contributed by atoms with Crippen LogP contribution in [0.3, 0.4) is 0 Å². The third-order valence-corrected chi connectivity index (χ3v) is 3.79. The first kappa shape index (κ1) is 10.9. The molecule has 0 aromatic heterocycles. The second-order valence-corrected chi connectivity index (χ2v) is 5.16. The Labute approximate surface area is 92.0 Å². The van der Waals surface area contributed by atoms with Gasteiger partial charge in [-0.05, 0) is 44.6 Å². The van der Waals surface area contributed by atoms with Gasteiger partial charge >= 0.3 is 0 Å². The molecule has 1 aliphatic carbocycles. The first-order chi connectivity index (χ1) is 7.25. The monoisotopic (exact) mass is 210 g/mol. The molecule has 1 saturated carbocycles. The molecule has 0 aromatic rings. The maximum absolute atomic E-state index is 11.8. The fraction of sp³-hybridized carbons (Fsp3) is 0.917. The summed E-state index contributed by atoms with van der Waals surface area (Å²) in [7, 11) is 0. The van der Waals surface area contributed by atoms with Crippen molar-refractivity contribution in [3.63, 3.8) is 0 Å². The Kier molecular flexibility index (Phi) is 3.62. The molecule has 0 spiro atoms. The average Bonchev–Trinajstić information content (AvgIpc) is 2.74. The van der Waals surface area contributed by atoms with Gasteiger partial charge in [0.1, 0.15) is 0 Å². The smallest absolute Gasteiger partial charge is 0.224 e. The molecular formula is C12H22N2O. The first-order valence-electron chi connectivity index (χ1n) is 6.27. The Morgan fingerprint density at radius 1 is 1.20 bits per heavy atom. The zero-order valence-electron chi connectivity index (χ0n) is 9.59. The van der Waals surface area contributed by atoms with E-state index in [0.717, 1.165) is 25.4 Å². The van der Waals surface area contributed by atoms with Crippen LogP contribution in [0.15, 0.2) is 0 Å². The summed E-state index contributed by atoms with van der Waals surface area (Å²) in [4.78, 5) is 11.8. The minimum absolute atomic E-state index is 0.226. The van der Waals surface area contributed by atoms with E-state index >= 15 is 0 Å². The van der Waals surface area contributed by atoms with Crippen molar-refractivity contribution in [2.75, 3.05) is 13.1 Å². The van der Waals surface area contributed by atoms with E-state index in [1.807, 2.05) is 0 Å². The van der Waals surface area contributed by atoms with Crippen molar-refractivity contribution >= 4 is 5.91 Å². The maximum atomic E-state index is 11.8. The summed E-state index contributed by atoms with van der Waals surface area (Å²) < 4.78 is 0. The van der Waals surface area contributed by atoms with E-state index in [1.54, 1.807) is 0 Å². The molecule has 3 heteroatoms. The van der Waals surface area contributed by atoms with Crippen molar-refractivity contribution < 1.29 is 4.79 Å². The quantitative estimate of drug-likeness (QED) is 0.721. The summed E-state index contributed by atoms with van der Waals surface area (Å²) in [6.45, 7) is 4.17. The van der Waals surface area contributed by atoms with Crippen LogP contribution in [0.25, 0.3) is 0 Å². The molecule has 1 saturated heterocycles. The SMILES string of the molecule is CC1CCC(NC(=O)[C@H]2CCNC2)CC1. The van der Waals surface area contributed by atoms with E-state index in [4.69, 9.17) is 0 Å². The number of hydrogen-bond donors (Lipinski definition) is 2. The van der Waals surface area contributed by atoms with Crippen LogP contribution in [0.1, 0.15) is 39.0 Å². The van der Waals surface area contributed by atoms with E-state index in [9.17, 15) is 4.79 Å². The summed E-state index contributed by atoms with van der Waals surface area (Å²) >= 11 is 0. The molecule has 1 amide bonds. The van der Waals surface area contributed by atoms with Crippen LogP contribution in [0.5, 0.6) is 0 Å². The van der Waals surface area contributed by atoms with Gasteiger partial charge in [0.2, 0.25) is 5.91 Å². The molecule has 0 unspecified atom stereocenters. The van der Waals surface area contributed by atoms with Gasteiger partial charge in [0.25, 0.3) is 0 Å². The van der Waals surface area contributed by atoms with Gasteiger partial charge < -0.3 is 10.6 Å². The second-order valence-electron chi connectivity index (χ2n) is 5.16. The van der Waals surface area contributed by atoms with Gasteiger partial charge in [0.05, 0.1) is 5.92 Å². The van der Waals surface area contributed by atoms with Crippen molar-refractivity contribution in [3.8, 4) is 0 Å². The Morgan fingerprint density at radius 2 is 1.93 bits per heavy atom. The lowest BCUT2D eigenvalue weighted by molar-refractivity contribution is -0.125. The van der Waals surface area contributed by atoms with Crippen LogP contribution >= 0.6 is 0 Å². The van der Waals surface area contributed by atoms with Crippen LogP contribution in [0, 0.1) is 11.8 Å². The molecule has 86 valence electrons. The Hall–Kier alpha value is -0.570. The molecule has 0 radical (unpaired) electrons. The number of rotatable bonds is 2. The number of carbonyl (C=O) groups excluding carboxylic acids is 1. The molecule has 2 fully saturated rings.